The van der Waals surface area contributed by atoms with Crippen molar-refractivity contribution in [3.8, 4) is 0 Å². The van der Waals surface area contributed by atoms with Crippen LogP contribution in [0.15, 0.2) is 59.7 Å². The second-order valence-corrected chi connectivity index (χ2v) is 7.20. The highest BCUT2D eigenvalue weighted by atomic mass is 32.1. The largest absolute Gasteiger partial charge is 0.348 e. The van der Waals surface area contributed by atoms with Crippen LogP contribution in [0.25, 0.3) is 4.96 Å². The Labute approximate surface area is 148 Å². The number of carbonyl (C=O) groups is 1. The summed E-state index contributed by atoms with van der Waals surface area (Å²) in [6, 6.07) is 10.1. The Kier molecular flexibility index (Phi) is 4.19. The van der Waals surface area contributed by atoms with Gasteiger partial charge in [0.15, 0.2) is 4.96 Å². The van der Waals surface area contributed by atoms with Crippen LogP contribution in [0.5, 0.6) is 0 Å². The van der Waals surface area contributed by atoms with Gasteiger partial charge in [-0.2, -0.15) is 0 Å². The SMILES string of the molecule is O=C(NC1CC=CC1)c1cnc2sc(Cc3ccccc3)cn2c1=O. The number of benzene rings is 1. The molecule has 4 rings (SSSR count). The van der Waals surface area contributed by atoms with Crippen molar-refractivity contribution in [1.82, 2.24) is 14.7 Å². The van der Waals surface area contributed by atoms with E-state index >= 15 is 0 Å². The van der Waals surface area contributed by atoms with Crippen molar-refractivity contribution in [1.29, 1.82) is 0 Å². The Balaban J connectivity index is 1.61. The molecule has 0 saturated carbocycles. The van der Waals surface area contributed by atoms with Gasteiger partial charge in [0.2, 0.25) is 0 Å². The summed E-state index contributed by atoms with van der Waals surface area (Å²) in [5.41, 5.74) is 0.950. The van der Waals surface area contributed by atoms with E-state index in [4.69, 9.17) is 0 Å². The molecule has 6 heteroatoms. The molecule has 1 N–H and O–H groups in total. The van der Waals surface area contributed by atoms with Crippen LogP contribution in [0.4, 0.5) is 0 Å². The molecular weight excluding hydrogens is 334 g/mol. The molecule has 0 unspecified atom stereocenters. The molecule has 1 amide bonds. The molecule has 0 saturated heterocycles. The van der Waals surface area contributed by atoms with Gasteiger partial charge in [0.05, 0.1) is 0 Å². The normalized spacial score (nSPS) is 14.2. The van der Waals surface area contributed by atoms with Crippen LogP contribution in [-0.2, 0) is 6.42 Å². The van der Waals surface area contributed by atoms with E-state index in [2.05, 4.69) is 22.4 Å². The number of aromatic nitrogens is 2. The van der Waals surface area contributed by atoms with Crippen molar-refractivity contribution >= 4 is 22.2 Å². The molecule has 1 aromatic carbocycles. The third-order valence-electron chi connectivity index (χ3n) is 4.26. The lowest BCUT2D eigenvalue weighted by Crippen LogP contribution is -2.36. The maximum atomic E-state index is 12.7. The molecule has 0 bridgehead atoms. The third kappa shape index (κ3) is 3.25. The van der Waals surface area contributed by atoms with Crippen LogP contribution in [-0.4, -0.2) is 21.3 Å². The number of thiazole rings is 1. The van der Waals surface area contributed by atoms with Gasteiger partial charge >= 0.3 is 0 Å². The minimum absolute atomic E-state index is 0.0729. The number of carbonyl (C=O) groups excluding carboxylic acids is 1. The lowest BCUT2D eigenvalue weighted by Gasteiger charge is -2.11. The van der Waals surface area contributed by atoms with Gasteiger partial charge in [-0.25, -0.2) is 4.98 Å². The molecule has 0 aliphatic heterocycles. The summed E-state index contributed by atoms with van der Waals surface area (Å²) in [5, 5.41) is 2.90. The average Bonchev–Trinajstić information content (AvgIpc) is 3.26. The van der Waals surface area contributed by atoms with Gasteiger partial charge in [-0.3, -0.25) is 14.0 Å². The second kappa shape index (κ2) is 6.64. The van der Waals surface area contributed by atoms with Crippen LogP contribution in [0.1, 0.15) is 33.6 Å². The average molecular weight is 351 g/mol. The molecule has 2 aromatic heterocycles. The molecule has 2 heterocycles. The van der Waals surface area contributed by atoms with E-state index in [1.165, 1.54) is 27.5 Å². The maximum absolute atomic E-state index is 12.7. The first kappa shape index (κ1) is 15.8. The Bertz CT molecular complexity index is 996. The molecule has 3 aromatic rings. The van der Waals surface area contributed by atoms with Crippen LogP contribution >= 0.6 is 11.3 Å². The number of hydrogen-bond acceptors (Lipinski definition) is 4. The number of fused-ring (bicyclic) bond motifs is 1. The van der Waals surface area contributed by atoms with E-state index in [1.54, 1.807) is 6.20 Å². The van der Waals surface area contributed by atoms with Crippen molar-refractivity contribution in [3.63, 3.8) is 0 Å². The van der Waals surface area contributed by atoms with Gasteiger partial charge in [-0.15, -0.1) is 11.3 Å². The topological polar surface area (TPSA) is 63.5 Å². The number of rotatable bonds is 4. The van der Waals surface area contributed by atoms with Crippen LogP contribution in [0, 0.1) is 0 Å². The van der Waals surface area contributed by atoms with Gasteiger partial charge in [0, 0.05) is 29.7 Å². The first-order chi connectivity index (χ1) is 12.2. The molecule has 0 atom stereocenters. The smallest absolute Gasteiger partial charge is 0.271 e. The molecule has 126 valence electrons. The van der Waals surface area contributed by atoms with E-state index in [0.717, 1.165) is 24.1 Å². The van der Waals surface area contributed by atoms with E-state index in [1.807, 2.05) is 30.4 Å². The lowest BCUT2D eigenvalue weighted by atomic mass is 10.1. The highest BCUT2D eigenvalue weighted by Crippen LogP contribution is 2.18. The van der Waals surface area contributed by atoms with Gasteiger partial charge in [-0.05, 0) is 18.4 Å². The highest BCUT2D eigenvalue weighted by molar-refractivity contribution is 7.17. The summed E-state index contributed by atoms with van der Waals surface area (Å²) in [5.74, 6) is -0.351. The van der Waals surface area contributed by atoms with E-state index in [0.29, 0.717) is 4.96 Å². The maximum Gasteiger partial charge on any atom is 0.271 e. The van der Waals surface area contributed by atoms with Crippen LogP contribution in [0.3, 0.4) is 0 Å². The van der Waals surface area contributed by atoms with Gasteiger partial charge in [0.25, 0.3) is 11.5 Å². The summed E-state index contributed by atoms with van der Waals surface area (Å²) in [6.45, 7) is 0. The Morgan fingerprint density at radius 1 is 1.24 bits per heavy atom. The van der Waals surface area contributed by atoms with E-state index < -0.39 is 0 Å². The molecule has 5 nitrogen and oxygen atoms in total. The summed E-state index contributed by atoms with van der Waals surface area (Å²) in [6.07, 6.45) is 9.60. The van der Waals surface area contributed by atoms with Crippen molar-refractivity contribution in [2.75, 3.05) is 0 Å². The number of nitrogens with zero attached hydrogens (tertiary/aromatic N) is 2. The molecular formula is C19H17N3O2S. The molecule has 1 aliphatic carbocycles. The fraction of sp³-hybridized carbons (Fsp3) is 0.211. The predicted octanol–water partition coefficient (Wildman–Crippen LogP) is 2.80. The fourth-order valence-corrected chi connectivity index (χ4v) is 3.93. The minimum atomic E-state index is -0.351. The van der Waals surface area contributed by atoms with Gasteiger partial charge in [0.1, 0.15) is 5.56 Å². The third-order valence-corrected chi connectivity index (χ3v) is 5.26. The van der Waals surface area contributed by atoms with E-state index in [9.17, 15) is 9.59 Å². The van der Waals surface area contributed by atoms with E-state index in [-0.39, 0.29) is 23.1 Å². The van der Waals surface area contributed by atoms with Crippen LogP contribution < -0.4 is 10.9 Å². The molecule has 1 aliphatic rings. The summed E-state index contributed by atoms with van der Waals surface area (Å²) < 4.78 is 1.48. The molecule has 0 radical (unpaired) electrons. The first-order valence-corrected chi connectivity index (χ1v) is 9.02. The summed E-state index contributed by atoms with van der Waals surface area (Å²) in [7, 11) is 0. The van der Waals surface area contributed by atoms with Crippen LogP contribution in [0.2, 0.25) is 0 Å². The Morgan fingerprint density at radius 2 is 2.00 bits per heavy atom. The zero-order chi connectivity index (χ0) is 17.2. The number of amides is 1. The monoisotopic (exact) mass is 351 g/mol. The highest BCUT2D eigenvalue weighted by Gasteiger charge is 2.19. The van der Waals surface area contributed by atoms with Gasteiger partial charge < -0.3 is 5.32 Å². The summed E-state index contributed by atoms with van der Waals surface area (Å²) in [4.78, 5) is 31.0. The minimum Gasteiger partial charge on any atom is -0.348 e. The second-order valence-electron chi connectivity index (χ2n) is 6.10. The van der Waals surface area contributed by atoms with Crippen molar-refractivity contribution in [3.05, 3.63) is 81.2 Å². The Morgan fingerprint density at radius 3 is 2.76 bits per heavy atom. The zero-order valence-electron chi connectivity index (χ0n) is 13.5. The predicted molar refractivity (Wildman–Crippen MR) is 98.2 cm³/mol. The zero-order valence-corrected chi connectivity index (χ0v) is 14.3. The number of nitrogens with one attached hydrogen (secondary N) is 1. The molecule has 25 heavy (non-hydrogen) atoms. The summed E-state index contributed by atoms with van der Waals surface area (Å²) >= 11 is 1.47. The molecule has 0 spiro atoms. The molecule has 0 fully saturated rings. The first-order valence-electron chi connectivity index (χ1n) is 8.20. The Hall–Kier alpha value is -2.73. The fourth-order valence-electron chi connectivity index (χ4n) is 2.96. The number of hydrogen-bond donors (Lipinski definition) is 1. The lowest BCUT2D eigenvalue weighted by molar-refractivity contribution is 0.0937. The van der Waals surface area contributed by atoms with Crippen molar-refractivity contribution < 1.29 is 4.79 Å². The van der Waals surface area contributed by atoms with Crippen molar-refractivity contribution in [2.45, 2.75) is 25.3 Å². The van der Waals surface area contributed by atoms with Crippen molar-refractivity contribution in [2.24, 2.45) is 0 Å². The van der Waals surface area contributed by atoms with Gasteiger partial charge in [-0.1, -0.05) is 42.5 Å². The quantitative estimate of drug-likeness (QED) is 0.735. The standard InChI is InChI=1S/C19H17N3O2S/c23-17(21-14-8-4-5-9-14)16-11-20-19-22(18(16)24)12-15(25-19)10-13-6-2-1-3-7-13/h1-7,11-12,14H,8-10H2,(H,21,23).